The molecule has 0 aliphatic carbocycles. The van der Waals surface area contributed by atoms with Gasteiger partial charge in [0.15, 0.2) is 0 Å². The summed E-state index contributed by atoms with van der Waals surface area (Å²) in [7, 11) is 0. The smallest absolute Gasteiger partial charge is 0.0807 e. The number of hydrogen-bond acceptors (Lipinski definition) is 1. The van der Waals surface area contributed by atoms with Crippen LogP contribution in [0.25, 0.3) is 11.3 Å². The number of halogens is 3. The third-order valence-corrected chi connectivity index (χ3v) is 3.20. The quantitative estimate of drug-likeness (QED) is 0.828. The lowest BCUT2D eigenvalue weighted by molar-refractivity contribution is 1.10. The molecule has 1 N–H and O–H groups in total. The molecule has 0 fully saturated rings. The Morgan fingerprint density at radius 1 is 1.29 bits per heavy atom. The van der Waals surface area contributed by atoms with Crippen LogP contribution >= 0.6 is 43.5 Å². The van der Waals surface area contributed by atoms with Crippen LogP contribution in [-0.4, -0.2) is 10.2 Å². The monoisotopic (exact) mass is 334 g/mol. The molecule has 0 spiro atoms. The van der Waals surface area contributed by atoms with Crippen molar-refractivity contribution in [3.8, 4) is 11.3 Å². The van der Waals surface area contributed by atoms with Crippen LogP contribution in [0.2, 0.25) is 5.02 Å². The van der Waals surface area contributed by atoms with E-state index in [1.165, 1.54) is 0 Å². The van der Waals surface area contributed by atoms with Crippen LogP contribution in [0.3, 0.4) is 0 Å². The normalized spacial score (nSPS) is 10.5. The van der Waals surface area contributed by atoms with Crippen LogP contribution in [0, 0.1) is 0 Å². The first-order valence-corrected chi connectivity index (χ1v) is 5.79. The zero-order valence-electron chi connectivity index (χ0n) is 6.89. The Morgan fingerprint density at radius 2 is 2.07 bits per heavy atom. The molecule has 0 aliphatic rings. The molecule has 0 unspecified atom stereocenters. The predicted molar refractivity (Wildman–Crippen MR) is 64.4 cm³/mol. The molecule has 0 aliphatic heterocycles. The van der Waals surface area contributed by atoms with E-state index in [9.17, 15) is 0 Å². The first-order chi connectivity index (χ1) is 6.68. The molecule has 1 aromatic carbocycles. The number of nitrogens with zero attached hydrogens (tertiary/aromatic N) is 1. The molecule has 2 aromatic rings. The van der Waals surface area contributed by atoms with Crippen molar-refractivity contribution in [3.63, 3.8) is 0 Å². The van der Waals surface area contributed by atoms with Crippen LogP contribution in [0.1, 0.15) is 0 Å². The second-order valence-electron chi connectivity index (χ2n) is 2.72. The SMILES string of the molecule is Clc1cc(Br)ccc1-c1[nH]ncc1Br. The second-order valence-corrected chi connectivity index (χ2v) is 4.89. The van der Waals surface area contributed by atoms with E-state index >= 15 is 0 Å². The molecule has 72 valence electrons. The Kier molecular flexibility index (Phi) is 2.95. The van der Waals surface area contributed by atoms with E-state index in [2.05, 4.69) is 42.1 Å². The van der Waals surface area contributed by atoms with Crippen LogP contribution in [-0.2, 0) is 0 Å². The van der Waals surface area contributed by atoms with Gasteiger partial charge in [0.05, 0.1) is 21.4 Å². The van der Waals surface area contributed by atoms with Crippen LogP contribution in [0.4, 0.5) is 0 Å². The first kappa shape index (κ1) is 10.2. The van der Waals surface area contributed by atoms with Gasteiger partial charge in [0.2, 0.25) is 0 Å². The molecule has 0 saturated carbocycles. The van der Waals surface area contributed by atoms with Gasteiger partial charge in [0, 0.05) is 10.0 Å². The van der Waals surface area contributed by atoms with Crippen LogP contribution in [0.5, 0.6) is 0 Å². The van der Waals surface area contributed by atoms with Crippen LogP contribution < -0.4 is 0 Å². The van der Waals surface area contributed by atoms with Crippen molar-refractivity contribution in [1.82, 2.24) is 10.2 Å². The minimum atomic E-state index is 0.685. The van der Waals surface area contributed by atoms with E-state index in [0.717, 1.165) is 20.2 Å². The summed E-state index contributed by atoms with van der Waals surface area (Å²) in [4.78, 5) is 0. The zero-order chi connectivity index (χ0) is 10.1. The van der Waals surface area contributed by atoms with Gasteiger partial charge in [-0.1, -0.05) is 33.6 Å². The minimum absolute atomic E-state index is 0.685. The summed E-state index contributed by atoms with van der Waals surface area (Å²) in [5, 5.41) is 7.49. The van der Waals surface area contributed by atoms with Gasteiger partial charge in [0.1, 0.15) is 0 Å². The van der Waals surface area contributed by atoms with E-state index in [0.29, 0.717) is 5.02 Å². The lowest BCUT2D eigenvalue weighted by atomic mass is 10.1. The summed E-state index contributed by atoms with van der Waals surface area (Å²) < 4.78 is 1.86. The van der Waals surface area contributed by atoms with E-state index in [4.69, 9.17) is 11.6 Å². The van der Waals surface area contributed by atoms with Gasteiger partial charge in [-0.25, -0.2) is 0 Å². The van der Waals surface area contributed by atoms with Gasteiger partial charge < -0.3 is 0 Å². The van der Waals surface area contributed by atoms with E-state index in [1.807, 2.05) is 18.2 Å². The fourth-order valence-electron chi connectivity index (χ4n) is 1.15. The molecule has 0 atom stereocenters. The van der Waals surface area contributed by atoms with E-state index < -0.39 is 0 Å². The lowest BCUT2D eigenvalue weighted by Gasteiger charge is -2.02. The third kappa shape index (κ3) is 1.87. The average molecular weight is 336 g/mol. The summed E-state index contributed by atoms with van der Waals surface area (Å²) >= 11 is 12.8. The number of aromatic nitrogens is 2. The zero-order valence-corrected chi connectivity index (χ0v) is 10.8. The summed E-state index contributed by atoms with van der Waals surface area (Å²) in [5.41, 5.74) is 1.82. The highest BCUT2D eigenvalue weighted by Crippen LogP contribution is 2.32. The molecular weight excluding hydrogens is 331 g/mol. The number of rotatable bonds is 1. The van der Waals surface area contributed by atoms with Gasteiger partial charge in [0.25, 0.3) is 0 Å². The molecule has 2 nitrogen and oxygen atoms in total. The Labute approximate surface area is 103 Å². The van der Waals surface area contributed by atoms with Crippen molar-refractivity contribution in [2.24, 2.45) is 0 Å². The van der Waals surface area contributed by atoms with Crippen molar-refractivity contribution in [2.75, 3.05) is 0 Å². The van der Waals surface area contributed by atoms with Crippen molar-refractivity contribution in [1.29, 1.82) is 0 Å². The Hall–Kier alpha value is -0.320. The fourth-order valence-corrected chi connectivity index (χ4v) is 2.33. The summed E-state index contributed by atoms with van der Waals surface area (Å²) in [6, 6.07) is 5.73. The van der Waals surface area contributed by atoms with Gasteiger partial charge in [-0.3, -0.25) is 5.10 Å². The number of benzene rings is 1. The number of nitrogens with one attached hydrogen (secondary N) is 1. The minimum Gasteiger partial charge on any atom is -0.277 e. The third-order valence-electron chi connectivity index (χ3n) is 1.79. The second kappa shape index (κ2) is 4.04. The Balaban J connectivity index is 2.58. The van der Waals surface area contributed by atoms with E-state index in [-0.39, 0.29) is 0 Å². The van der Waals surface area contributed by atoms with E-state index in [1.54, 1.807) is 6.20 Å². The summed E-state index contributed by atoms with van der Waals surface area (Å²) in [6.07, 6.45) is 1.70. The topological polar surface area (TPSA) is 28.7 Å². The average Bonchev–Trinajstić information content (AvgIpc) is 2.52. The van der Waals surface area contributed by atoms with Gasteiger partial charge >= 0.3 is 0 Å². The van der Waals surface area contributed by atoms with Crippen molar-refractivity contribution >= 4 is 43.5 Å². The molecule has 1 heterocycles. The maximum atomic E-state index is 6.09. The summed E-state index contributed by atoms with van der Waals surface area (Å²) in [6.45, 7) is 0. The van der Waals surface area contributed by atoms with Gasteiger partial charge in [-0.15, -0.1) is 0 Å². The predicted octanol–water partition coefficient (Wildman–Crippen LogP) is 4.26. The Bertz CT molecular complexity index is 468. The maximum Gasteiger partial charge on any atom is 0.0807 e. The van der Waals surface area contributed by atoms with Gasteiger partial charge in [-0.05, 0) is 28.1 Å². The molecule has 0 saturated heterocycles. The molecule has 0 radical (unpaired) electrons. The number of aromatic amines is 1. The largest absolute Gasteiger partial charge is 0.277 e. The van der Waals surface area contributed by atoms with Crippen molar-refractivity contribution < 1.29 is 0 Å². The first-order valence-electron chi connectivity index (χ1n) is 3.83. The summed E-state index contributed by atoms with van der Waals surface area (Å²) in [5.74, 6) is 0. The highest BCUT2D eigenvalue weighted by atomic mass is 79.9. The molecule has 0 bridgehead atoms. The molecule has 5 heteroatoms. The molecular formula is C9H5Br2ClN2. The highest BCUT2D eigenvalue weighted by molar-refractivity contribution is 9.10. The molecule has 2 rings (SSSR count). The molecule has 14 heavy (non-hydrogen) atoms. The Morgan fingerprint density at radius 3 is 2.64 bits per heavy atom. The lowest BCUT2D eigenvalue weighted by Crippen LogP contribution is -1.81. The van der Waals surface area contributed by atoms with Gasteiger partial charge in [-0.2, -0.15) is 5.10 Å². The molecule has 0 amide bonds. The standard InChI is InChI=1S/C9H5Br2ClN2/c10-5-1-2-6(8(12)3-5)9-7(11)4-13-14-9/h1-4H,(H,13,14). The van der Waals surface area contributed by atoms with Crippen LogP contribution in [0.15, 0.2) is 33.3 Å². The molecule has 1 aromatic heterocycles. The fraction of sp³-hybridized carbons (Fsp3) is 0. The van der Waals surface area contributed by atoms with Crippen molar-refractivity contribution in [2.45, 2.75) is 0 Å². The highest BCUT2D eigenvalue weighted by Gasteiger charge is 2.08. The van der Waals surface area contributed by atoms with Crippen molar-refractivity contribution in [3.05, 3.63) is 38.4 Å². The number of hydrogen-bond donors (Lipinski definition) is 1. The number of H-pyrrole nitrogens is 1. The maximum absolute atomic E-state index is 6.09.